The lowest BCUT2D eigenvalue weighted by Crippen LogP contribution is -2.21. The number of aromatic hydroxyl groups is 1. The van der Waals surface area contributed by atoms with Crippen LogP contribution < -0.4 is 0 Å². The molecule has 1 aliphatic carbocycles. The lowest BCUT2D eigenvalue weighted by Gasteiger charge is -2.27. The van der Waals surface area contributed by atoms with Crippen molar-refractivity contribution in [2.45, 2.75) is 38.2 Å². The van der Waals surface area contributed by atoms with Gasteiger partial charge >= 0.3 is 0 Å². The smallest absolute Gasteiger partial charge is 0.230 e. The van der Waals surface area contributed by atoms with Gasteiger partial charge in [-0.05, 0) is 44.1 Å². The van der Waals surface area contributed by atoms with Crippen LogP contribution in [-0.2, 0) is 11.2 Å². The van der Waals surface area contributed by atoms with Crippen LogP contribution in [-0.4, -0.2) is 28.5 Å². The number of methoxy groups -OCH3 is 1. The van der Waals surface area contributed by atoms with E-state index in [0.717, 1.165) is 25.0 Å². The molecule has 1 fully saturated rings. The highest BCUT2D eigenvalue weighted by atomic mass is 16.5. The van der Waals surface area contributed by atoms with Crippen LogP contribution in [0.5, 0.6) is 5.88 Å². The van der Waals surface area contributed by atoms with Crippen LogP contribution in [0.15, 0.2) is 12.1 Å². The second-order valence-electron chi connectivity index (χ2n) is 4.47. The van der Waals surface area contributed by atoms with Crippen molar-refractivity contribution in [1.82, 2.24) is 10.2 Å². The Kier molecular flexibility index (Phi) is 3.72. The maximum atomic E-state index is 9.04. The first-order chi connectivity index (χ1) is 7.78. The van der Waals surface area contributed by atoms with E-state index in [-0.39, 0.29) is 5.88 Å². The van der Waals surface area contributed by atoms with Crippen molar-refractivity contribution in [3.63, 3.8) is 0 Å². The molecule has 0 atom stereocenters. The first kappa shape index (κ1) is 11.3. The van der Waals surface area contributed by atoms with Gasteiger partial charge in [0.1, 0.15) is 0 Å². The molecule has 4 heteroatoms. The molecule has 1 saturated carbocycles. The minimum atomic E-state index is -0.00755. The van der Waals surface area contributed by atoms with Gasteiger partial charge in [-0.15, -0.1) is 5.10 Å². The number of ether oxygens (including phenoxy) is 1. The molecular weight excluding hydrogens is 204 g/mol. The van der Waals surface area contributed by atoms with Gasteiger partial charge < -0.3 is 9.84 Å². The van der Waals surface area contributed by atoms with E-state index < -0.39 is 0 Å². The van der Waals surface area contributed by atoms with Crippen LogP contribution in [0, 0.1) is 5.92 Å². The van der Waals surface area contributed by atoms with Crippen LogP contribution in [0.1, 0.15) is 31.4 Å². The fourth-order valence-corrected chi connectivity index (χ4v) is 2.33. The molecule has 0 radical (unpaired) electrons. The van der Waals surface area contributed by atoms with E-state index in [1.807, 2.05) is 6.07 Å². The molecule has 88 valence electrons. The van der Waals surface area contributed by atoms with Crippen molar-refractivity contribution >= 4 is 0 Å². The van der Waals surface area contributed by atoms with Crippen LogP contribution >= 0.6 is 0 Å². The molecule has 0 bridgehead atoms. The summed E-state index contributed by atoms with van der Waals surface area (Å²) in [5.74, 6) is 0.678. The van der Waals surface area contributed by atoms with Gasteiger partial charge in [-0.2, -0.15) is 5.10 Å². The molecule has 1 heterocycles. The molecule has 1 aromatic rings. The number of hydrogen-bond acceptors (Lipinski definition) is 4. The third kappa shape index (κ3) is 2.92. The molecule has 0 aliphatic heterocycles. The third-order valence-electron chi connectivity index (χ3n) is 3.33. The standard InChI is InChI=1S/C12H18N2O2/c1-16-11-5-2-9(3-6-11)8-10-4-7-12(15)14-13-10/h4,7,9,11H,2-3,5-6,8H2,1H3,(H,14,15)/t9-,11-. The minimum absolute atomic E-state index is 0.00755. The van der Waals surface area contributed by atoms with Crippen LogP contribution in [0.4, 0.5) is 0 Å². The Hall–Kier alpha value is -1.16. The van der Waals surface area contributed by atoms with Crippen molar-refractivity contribution in [3.8, 4) is 5.88 Å². The molecule has 0 unspecified atom stereocenters. The van der Waals surface area contributed by atoms with E-state index in [9.17, 15) is 0 Å². The van der Waals surface area contributed by atoms with Crippen molar-refractivity contribution in [3.05, 3.63) is 17.8 Å². The lowest BCUT2D eigenvalue weighted by atomic mass is 9.84. The van der Waals surface area contributed by atoms with E-state index in [0.29, 0.717) is 12.0 Å². The third-order valence-corrected chi connectivity index (χ3v) is 3.33. The van der Waals surface area contributed by atoms with Crippen LogP contribution in [0.2, 0.25) is 0 Å². The summed E-state index contributed by atoms with van der Waals surface area (Å²) in [6.07, 6.45) is 6.09. The molecule has 1 aromatic heterocycles. The van der Waals surface area contributed by atoms with Crippen molar-refractivity contribution in [2.75, 3.05) is 7.11 Å². The quantitative estimate of drug-likeness (QED) is 0.849. The molecule has 2 rings (SSSR count). The molecule has 1 N–H and O–H groups in total. The number of aromatic nitrogens is 2. The SMILES string of the molecule is CO[C@H]1CC[C@H](Cc2ccc(O)nn2)CC1. The van der Waals surface area contributed by atoms with Gasteiger partial charge in [-0.3, -0.25) is 0 Å². The van der Waals surface area contributed by atoms with Gasteiger partial charge in [0.05, 0.1) is 11.8 Å². The average molecular weight is 222 g/mol. The molecule has 0 amide bonds. The van der Waals surface area contributed by atoms with Crippen LogP contribution in [0.3, 0.4) is 0 Å². The summed E-state index contributed by atoms with van der Waals surface area (Å²) in [7, 11) is 1.79. The summed E-state index contributed by atoms with van der Waals surface area (Å²) in [6, 6.07) is 3.45. The number of rotatable bonds is 3. The molecule has 16 heavy (non-hydrogen) atoms. The Labute approximate surface area is 95.7 Å². The summed E-state index contributed by atoms with van der Waals surface area (Å²) in [4.78, 5) is 0. The van der Waals surface area contributed by atoms with E-state index in [1.54, 1.807) is 13.2 Å². The Morgan fingerprint density at radius 3 is 2.56 bits per heavy atom. The predicted octanol–water partition coefficient (Wildman–Crippen LogP) is 1.93. The summed E-state index contributed by atoms with van der Waals surface area (Å²) in [5, 5.41) is 16.7. The Morgan fingerprint density at radius 2 is 2.00 bits per heavy atom. The van der Waals surface area contributed by atoms with Crippen molar-refractivity contribution < 1.29 is 9.84 Å². The van der Waals surface area contributed by atoms with Gasteiger partial charge in [-0.25, -0.2) is 0 Å². The van der Waals surface area contributed by atoms with E-state index in [1.165, 1.54) is 12.8 Å². The monoisotopic (exact) mass is 222 g/mol. The fraction of sp³-hybridized carbons (Fsp3) is 0.667. The zero-order valence-corrected chi connectivity index (χ0v) is 9.59. The highest BCUT2D eigenvalue weighted by Crippen LogP contribution is 2.28. The number of hydrogen-bond donors (Lipinski definition) is 1. The summed E-state index contributed by atoms with van der Waals surface area (Å²) >= 11 is 0. The van der Waals surface area contributed by atoms with Gasteiger partial charge in [0.25, 0.3) is 0 Å². The summed E-state index contributed by atoms with van der Waals surface area (Å²) in [6.45, 7) is 0. The molecular formula is C12H18N2O2. The summed E-state index contributed by atoms with van der Waals surface area (Å²) < 4.78 is 5.34. The maximum Gasteiger partial charge on any atom is 0.230 e. The Balaban J connectivity index is 1.84. The normalized spacial score (nSPS) is 25.6. The summed E-state index contributed by atoms with van der Waals surface area (Å²) in [5.41, 5.74) is 0.971. The van der Waals surface area contributed by atoms with Gasteiger partial charge in [0, 0.05) is 13.2 Å². The second kappa shape index (κ2) is 5.25. The highest BCUT2D eigenvalue weighted by molar-refractivity contribution is 5.10. The molecule has 0 aromatic carbocycles. The Bertz CT molecular complexity index is 318. The lowest BCUT2D eigenvalue weighted by molar-refractivity contribution is 0.0567. The largest absolute Gasteiger partial charge is 0.492 e. The predicted molar refractivity (Wildman–Crippen MR) is 60.2 cm³/mol. The van der Waals surface area contributed by atoms with E-state index >= 15 is 0 Å². The van der Waals surface area contributed by atoms with Gasteiger partial charge in [0.2, 0.25) is 5.88 Å². The zero-order valence-electron chi connectivity index (χ0n) is 9.59. The molecule has 0 spiro atoms. The fourth-order valence-electron chi connectivity index (χ4n) is 2.33. The van der Waals surface area contributed by atoms with Gasteiger partial charge in [0.15, 0.2) is 0 Å². The topological polar surface area (TPSA) is 55.2 Å². The first-order valence-corrected chi connectivity index (χ1v) is 5.82. The van der Waals surface area contributed by atoms with Crippen molar-refractivity contribution in [1.29, 1.82) is 0 Å². The van der Waals surface area contributed by atoms with E-state index in [4.69, 9.17) is 9.84 Å². The number of nitrogens with zero attached hydrogens (tertiary/aromatic N) is 2. The Morgan fingerprint density at radius 1 is 1.25 bits per heavy atom. The zero-order chi connectivity index (χ0) is 11.4. The molecule has 4 nitrogen and oxygen atoms in total. The second-order valence-corrected chi connectivity index (χ2v) is 4.47. The average Bonchev–Trinajstić information content (AvgIpc) is 2.33. The van der Waals surface area contributed by atoms with Crippen LogP contribution in [0.25, 0.3) is 0 Å². The molecule has 1 aliphatic rings. The van der Waals surface area contributed by atoms with E-state index in [2.05, 4.69) is 10.2 Å². The van der Waals surface area contributed by atoms with Gasteiger partial charge in [-0.1, -0.05) is 0 Å². The first-order valence-electron chi connectivity index (χ1n) is 5.82. The highest BCUT2D eigenvalue weighted by Gasteiger charge is 2.21. The minimum Gasteiger partial charge on any atom is -0.492 e. The maximum absolute atomic E-state index is 9.04. The van der Waals surface area contributed by atoms with Crippen molar-refractivity contribution in [2.24, 2.45) is 5.92 Å². The molecule has 0 saturated heterocycles.